The van der Waals surface area contributed by atoms with E-state index in [9.17, 15) is 9.59 Å². The Morgan fingerprint density at radius 2 is 2.00 bits per heavy atom. The minimum absolute atomic E-state index is 0.0807. The number of hydrogen-bond acceptors (Lipinski definition) is 4. The Morgan fingerprint density at radius 1 is 1.33 bits per heavy atom. The van der Waals surface area contributed by atoms with Crippen molar-refractivity contribution in [1.29, 1.82) is 0 Å². The van der Waals surface area contributed by atoms with Gasteiger partial charge in [-0.15, -0.1) is 0 Å². The lowest BCUT2D eigenvalue weighted by molar-refractivity contribution is -0.130. The van der Waals surface area contributed by atoms with Crippen LogP contribution in [-0.2, 0) is 9.26 Å². The van der Waals surface area contributed by atoms with Crippen LogP contribution in [0.5, 0.6) is 0 Å². The molecule has 0 spiro atoms. The summed E-state index contributed by atoms with van der Waals surface area (Å²) in [4.78, 5) is 26.3. The van der Waals surface area contributed by atoms with Crippen molar-refractivity contribution in [2.24, 2.45) is 11.8 Å². The molecule has 1 aromatic rings. The van der Waals surface area contributed by atoms with Crippen LogP contribution in [-0.4, -0.2) is 46.9 Å². The summed E-state index contributed by atoms with van der Waals surface area (Å²) >= 11 is 0. The number of alkyl halides is 1. The Bertz CT molecular complexity index is 796. The highest BCUT2D eigenvalue weighted by Crippen LogP contribution is 2.46. The zero-order valence-corrected chi connectivity index (χ0v) is 20.2. The van der Waals surface area contributed by atoms with E-state index in [1.807, 2.05) is 6.66 Å². The van der Waals surface area contributed by atoms with Crippen LogP contribution < -0.4 is 11.2 Å². The third kappa shape index (κ3) is 6.02. The van der Waals surface area contributed by atoms with Crippen LogP contribution in [0.25, 0.3) is 0 Å². The van der Waals surface area contributed by atoms with Crippen molar-refractivity contribution in [2.45, 2.75) is 90.9 Å². The van der Waals surface area contributed by atoms with Crippen LogP contribution in [0.1, 0.15) is 65.5 Å². The fourth-order valence-electron chi connectivity index (χ4n) is 3.94. The Hall–Kier alpha value is -1.04. The third-order valence-corrected chi connectivity index (χ3v) is 8.59. The molecule has 6 nitrogen and oxygen atoms in total. The summed E-state index contributed by atoms with van der Waals surface area (Å²) in [6.07, 6.45) is 1.79. The van der Waals surface area contributed by atoms with Crippen molar-refractivity contribution in [2.75, 3.05) is 13.3 Å². The number of nitrogens with zero attached hydrogens (tertiary/aromatic N) is 1. The minimum Gasteiger partial charge on any atom is -0.373 e. The lowest BCUT2D eigenvalue weighted by Gasteiger charge is -2.42. The van der Waals surface area contributed by atoms with Gasteiger partial charge in [0.05, 0.1) is 18.8 Å². The topological polar surface area (TPSA) is 73.3 Å². The summed E-state index contributed by atoms with van der Waals surface area (Å²) < 4.78 is 29.6. The first-order valence-corrected chi connectivity index (χ1v) is 12.8. The van der Waals surface area contributed by atoms with Crippen LogP contribution in [0.2, 0.25) is 0 Å². The lowest BCUT2D eigenvalue weighted by atomic mass is 9.90. The quantitative estimate of drug-likeness (QED) is 0.573. The van der Waals surface area contributed by atoms with Gasteiger partial charge in [0.25, 0.3) is 5.56 Å². The van der Waals surface area contributed by atoms with E-state index in [0.717, 1.165) is 19.3 Å². The Labute approximate surface area is 180 Å². The normalized spacial score (nSPS) is 27.8. The fourth-order valence-corrected chi connectivity index (χ4v) is 5.61. The van der Waals surface area contributed by atoms with Crippen molar-refractivity contribution >= 4 is 8.15 Å². The standard InChI is InChI=1S/C22H38FN2O4P/c1-8-9-14(4)10-18-20(29-30(7)16(6)13(2)3)19(23)17(12-28-18)25-11-15(5)21(26)24-22(25)27/h11,13-14,16-20H,8-10,12H2,1-7H3,(H,24,26,27). The van der Waals surface area contributed by atoms with Crippen LogP contribution in [0.15, 0.2) is 15.8 Å². The largest absolute Gasteiger partial charge is 0.373 e. The first-order valence-electron chi connectivity index (χ1n) is 11.0. The van der Waals surface area contributed by atoms with Crippen molar-refractivity contribution in [3.05, 3.63) is 32.6 Å². The summed E-state index contributed by atoms with van der Waals surface area (Å²) in [5, 5.41) is 0. The number of aryl methyl sites for hydroxylation is 1. The van der Waals surface area contributed by atoms with Crippen LogP contribution in [0, 0.1) is 18.8 Å². The predicted molar refractivity (Wildman–Crippen MR) is 120 cm³/mol. The Kier molecular flexibility index (Phi) is 9.26. The second-order valence-electron chi connectivity index (χ2n) is 9.09. The van der Waals surface area contributed by atoms with Gasteiger partial charge < -0.3 is 9.26 Å². The molecule has 1 saturated heterocycles. The number of aromatic amines is 1. The van der Waals surface area contributed by atoms with Gasteiger partial charge in [-0.05, 0) is 31.8 Å². The summed E-state index contributed by atoms with van der Waals surface area (Å²) in [5.41, 5.74) is -0.388. The van der Waals surface area contributed by atoms with Gasteiger partial charge in [-0.3, -0.25) is 14.3 Å². The van der Waals surface area contributed by atoms with Crippen LogP contribution in [0.3, 0.4) is 0 Å². The third-order valence-electron chi connectivity index (χ3n) is 6.27. The Balaban J connectivity index is 2.31. The summed E-state index contributed by atoms with van der Waals surface area (Å²) in [5.74, 6) is 0.833. The van der Waals surface area contributed by atoms with E-state index in [0.29, 0.717) is 23.1 Å². The Morgan fingerprint density at radius 3 is 2.60 bits per heavy atom. The second kappa shape index (κ2) is 11.0. The van der Waals surface area contributed by atoms with E-state index >= 15 is 4.39 Å². The molecule has 0 bridgehead atoms. The number of nitrogens with one attached hydrogen (secondary N) is 1. The molecule has 2 rings (SSSR count). The predicted octanol–water partition coefficient (Wildman–Crippen LogP) is 4.41. The van der Waals surface area contributed by atoms with Crippen molar-refractivity contribution in [3.8, 4) is 0 Å². The van der Waals surface area contributed by atoms with Crippen LogP contribution in [0.4, 0.5) is 4.39 Å². The lowest BCUT2D eigenvalue weighted by Crippen LogP contribution is -2.52. The van der Waals surface area contributed by atoms with Gasteiger partial charge in [0.1, 0.15) is 6.10 Å². The molecule has 0 amide bonds. The maximum Gasteiger partial charge on any atom is 0.328 e. The van der Waals surface area contributed by atoms with Gasteiger partial charge in [-0.25, -0.2) is 9.18 Å². The zero-order chi connectivity index (χ0) is 22.6. The molecule has 1 aromatic heterocycles. The number of ether oxygens (including phenoxy) is 1. The molecule has 30 heavy (non-hydrogen) atoms. The van der Waals surface area contributed by atoms with Gasteiger partial charge in [-0.2, -0.15) is 0 Å². The molecular formula is C22H38FN2O4P. The highest BCUT2D eigenvalue weighted by Gasteiger charge is 2.44. The molecular weight excluding hydrogens is 406 g/mol. The van der Waals surface area contributed by atoms with E-state index in [1.54, 1.807) is 6.92 Å². The van der Waals surface area contributed by atoms with E-state index in [1.165, 1.54) is 10.8 Å². The molecule has 1 fully saturated rings. The zero-order valence-electron chi connectivity index (χ0n) is 19.4. The molecule has 1 aliphatic heterocycles. The van der Waals surface area contributed by atoms with E-state index in [2.05, 4.69) is 39.6 Å². The molecule has 7 unspecified atom stereocenters. The molecule has 1 aliphatic rings. The van der Waals surface area contributed by atoms with Gasteiger partial charge in [-0.1, -0.05) is 47.5 Å². The number of H-pyrrole nitrogens is 1. The average molecular weight is 445 g/mol. The molecule has 8 heteroatoms. The summed E-state index contributed by atoms with van der Waals surface area (Å²) in [6, 6.07) is -0.825. The average Bonchev–Trinajstić information content (AvgIpc) is 2.67. The number of halogens is 1. The second-order valence-corrected chi connectivity index (χ2v) is 11.2. The molecule has 0 radical (unpaired) electrons. The van der Waals surface area contributed by atoms with Crippen LogP contribution >= 0.6 is 8.15 Å². The minimum atomic E-state index is -1.40. The molecule has 1 N–H and O–H groups in total. The first-order chi connectivity index (χ1) is 14.1. The van der Waals surface area contributed by atoms with Gasteiger partial charge in [0, 0.05) is 25.6 Å². The SMILES string of the molecule is CCCC(C)CC1OCC(n2cc(C)c(=O)[nH]c2=O)C(F)C1OP(C)C(C)C(C)C. The highest BCUT2D eigenvalue weighted by atomic mass is 31.1. The molecule has 0 aromatic carbocycles. The molecule has 2 heterocycles. The fraction of sp³-hybridized carbons (Fsp3) is 0.818. The maximum absolute atomic E-state index is 15.9. The van der Waals surface area contributed by atoms with Crippen molar-refractivity contribution < 1.29 is 13.7 Å². The maximum atomic E-state index is 15.9. The smallest absolute Gasteiger partial charge is 0.328 e. The summed E-state index contributed by atoms with van der Waals surface area (Å²) in [6.45, 7) is 14.4. The van der Waals surface area contributed by atoms with E-state index in [4.69, 9.17) is 9.26 Å². The van der Waals surface area contributed by atoms with Gasteiger partial charge in [0.15, 0.2) is 6.17 Å². The molecule has 0 aliphatic carbocycles. The number of hydrogen-bond donors (Lipinski definition) is 1. The molecule has 0 saturated carbocycles. The highest BCUT2D eigenvalue weighted by molar-refractivity contribution is 7.52. The first kappa shape index (κ1) is 25.2. The molecule has 7 atom stereocenters. The number of aromatic nitrogens is 2. The van der Waals surface area contributed by atoms with E-state index < -0.39 is 37.7 Å². The van der Waals surface area contributed by atoms with Gasteiger partial charge in [0.2, 0.25) is 0 Å². The number of rotatable bonds is 9. The van der Waals surface area contributed by atoms with Crippen molar-refractivity contribution in [1.82, 2.24) is 9.55 Å². The molecule has 172 valence electrons. The summed E-state index contributed by atoms with van der Waals surface area (Å²) in [7, 11) is -0.862. The van der Waals surface area contributed by atoms with Crippen molar-refractivity contribution in [3.63, 3.8) is 0 Å². The van der Waals surface area contributed by atoms with E-state index in [-0.39, 0.29) is 12.7 Å². The van der Waals surface area contributed by atoms with Gasteiger partial charge >= 0.3 is 5.69 Å². The monoisotopic (exact) mass is 444 g/mol.